The fourth-order valence-electron chi connectivity index (χ4n) is 2.06. The first-order valence-corrected chi connectivity index (χ1v) is 6.77. The van der Waals surface area contributed by atoms with Crippen LogP contribution >= 0.6 is 11.3 Å². The number of fused-ring (bicyclic) bond motifs is 1. The molecule has 102 valence electrons. The van der Waals surface area contributed by atoms with Crippen molar-refractivity contribution in [1.82, 2.24) is 4.98 Å². The van der Waals surface area contributed by atoms with Gasteiger partial charge in [0.15, 0.2) is 5.69 Å². The zero-order valence-electron chi connectivity index (χ0n) is 10.3. The van der Waals surface area contributed by atoms with Gasteiger partial charge in [0.25, 0.3) is 5.91 Å². The standard InChI is InChI=1S/C13H10N2O4S/c16-12(10-11(13(17)18)20-7-14-10)15-5-6-19-9-4-2-1-3-8(9)15/h1-4,7H,5-6H2,(H,17,18). The largest absolute Gasteiger partial charge is 0.490 e. The van der Waals surface area contributed by atoms with E-state index in [1.54, 1.807) is 18.2 Å². The van der Waals surface area contributed by atoms with Crippen LogP contribution in [0, 0.1) is 0 Å². The summed E-state index contributed by atoms with van der Waals surface area (Å²) in [6.07, 6.45) is 0. The van der Waals surface area contributed by atoms with E-state index in [4.69, 9.17) is 9.84 Å². The molecule has 2 heterocycles. The van der Waals surface area contributed by atoms with Gasteiger partial charge in [0, 0.05) is 0 Å². The second-order valence-corrected chi connectivity index (χ2v) is 4.96. The van der Waals surface area contributed by atoms with E-state index in [0.717, 1.165) is 11.3 Å². The first-order valence-electron chi connectivity index (χ1n) is 5.89. The number of rotatable bonds is 2. The topological polar surface area (TPSA) is 79.7 Å². The molecule has 0 spiro atoms. The molecule has 1 N–H and O–H groups in total. The van der Waals surface area contributed by atoms with E-state index < -0.39 is 11.9 Å². The molecule has 0 saturated carbocycles. The van der Waals surface area contributed by atoms with Crippen LogP contribution < -0.4 is 9.64 Å². The molecule has 0 atom stereocenters. The van der Waals surface area contributed by atoms with Gasteiger partial charge in [0.1, 0.15) is 17.2 Å². The van der Waals surface area contributed by atoms with Gasteiger partial charge in [0.05, 0.1) is 17.7 Å². The van der Waals surface area contributed by atoms with Crippen LogP contribution in [-0.2, 0) is 0 Å². The highest BCUT2D eigenvalue weighted by Gasteiger charge is 2.29. The lowest BCUT2D eigenvalue weighted by Crippen LogP contribution is -2.38. The fourth-order valence-corrected chi connectivity index (χ4v) is 2.67. The molecule has 0 saturated heterocycles. The van der Waals surface area contributed by atoms with Gasteiger partial charge in [-0.3, -0.25) is 4.79 Å². The minimum Gasteiger partial charge on any atom is -0.490 e. The monoisotopic (exact) mass is 290 g/mol. The number of thiazole rings is 1. The third-order valence-electron chi connectivity index (χ3n) is 2.94. The van der Waals surface area contributed by atoms with Crippen LogP contribution in [0.5, 0.6) is 5.75 Å². The number of aromatic carboxylic acids is 1. The van der Waals surface area contributed by atoms with Crippen molar-refractivity contribution in [3.8, 4) is 5.75 Å². The van der Waals surface area contributed by atoms with Crippen molar-refractivity contribution in [1.29, 1.82) is 0 Å². The van der Waals surface area contributed by atoms with Crippen LogP contribution in [0.15, 0.2) is 29.8 Å². The normalized spacial score (nSPS) is 13.5. The van der Waals surface area contributed by atoms with Crippen molar-refractivity contribution in [3.63, 3.8) is 0 Å². The smallest absolute Gasteiger partial charge is 0.348 e. The Morgan fingerprint density at radius 2 is 2.15 bits per heavy atom. The summed E-state index contributed by atoms with van der Waals surface area (Å²) in [5.41, 5.74) is 1.97. The number of amides is 1. The summed E-state index contributed by atoms with van der Waals surface area (Å²) < 4.78 is 5.47. The highest BCUT2D eigenvalue weighted by Crippen LogP contribution is 2.32. The molecule has 1 aromatic heterocycles. The van der Waals surface area contributed by atoms with E-state index >= 15 is 0 Å². The van der Waals surface area contributed by atoms with E-state index in [0.29, 0.717) is 24.6 Å². The Hall–Kier alpha value is -2.41. The van der Waals surface area contributed by atoms with Crippen LogP contribution in [0.4, 0.5) is 5.69 Å². The maximum absolute atomic E-state index is 12.5. The van der Waals surface area contributed by atoms with Gasteiger partial charge in [-0.25, -0.2) is 9.78 Å². The van der Waals surface area contributed by atoms with Crippen LogP contribution in [0.3, 0.4) is 0 Å². The van der Waals surface area contributed by atoms with E-state index in [9.17, 15) is 9.59 Å². The predicted octanol–water partition coefficient (Wildman–Crippen LogP) is 1.88. The molecule has 0 radical (unpaired) electrons. The summed E-state index contributed by atoms with van der Waals surface area (Å²) in [4.78, 5) is 28.9. The average Bonchev–Trinajstić information content (AvgIpc) is 2.95. The van der Waals surface area contributed by atoms with Crippen molar-refractivity contribution >= 4 is 28.9 Å². The Morgan fingerprint density at radius 3 is 2.95 bits per heavy atom. The van der Waals surface area contributed by atoms with Crippen LogP contribution in [0.25, 0.3) is 0 Å². The number of ether oxygens (including phenoxy) is 1. The molecule has 0 fully saturated rings. The molecule has 1 aromatic carbocycles. The van der Waals surface area contributed by atoms with Crippen molar-refractivity contribution in [3.05, 3.63) is 40.3 Å². The molecule has 0 bridgehead atoms. The Balaban J connectivity index is 2.00. The highest BCUT2D eigenvalue weighted by atomic mass is 32.1. The maximum Gasteiger partial charge on any atom is 0.348 e. The Labute approximate surface area is 118 Å². The minimum absolute atomic E-state index is 0.0285. The van der Waals surface area contributed by atoms with Crippen LogP contribution in [-0.4, -0.2) is 35.1 Å². The van der Waals surface area contributed by atoms with Gasteiger partial charge >= 0.3 is 5.97 Å². The van der Waals surface area contributed by atoms with Gasteiger partial charge in [-0.1, -0.05) is 12.1 Å². The first-order chi connectivity index (χ1) is 9.68. The van der Waals surface area contributed by atoms with E-state index in [2.05, 4.69) is 4.98 Å². The number of hydrogen-bond acceptors (Lipinski definition) is 5. The van der Waals surface area contributed by atoms with Crippen molar-refractivity contribution in [2.75, 3.05) is 18.1 Å². The average molecular weight is 290 g/mol. The predicted molar refractivity (Wildman–Crippen MR) is 72.7 cm³/mol. The molecule has 1 aliphatic rings. The van der Waals surface area contributed by atoms with E-state index in [1.807, 2.05) is 6.07 Å². The third kappa shape index (κ3) is 2.01. The second kappa shape index (κ2) is 4.93. The number of carboxylic acid groups (broad SMARTS) is 1. The lowest BCUT2D eigenvalue weighted by Gasteiger charge is -2.29. The number of benzene rings is 1. The zero-order chi connectivity index (χ0) is 14.1. The second-order valence-electron chi connectivity index (χ2n) is 4.11. The summed E-state index contributed by atoms with van der Waals surface area (Å²) in [6, 6.07) is 7.15. The molecule has 3 rings (SSSR count). The molecular weight excluding hydrogens is 280 g/mol. The molecule has 0 unspecified atom stereocenters. The van der Waals surface area contributed by atoms with Gasteiger partial charge < -0.3 is 14.7 Å². The lowest BCUT2D eigenvalue weighted by atomic mass is 10.2. The minimum atomic E-state index is -1.14. The lowest BCUT2D eigenvalue weighted by molar-refractivity contribution is 0.0696. The molecule has 6 nitrogen and oxygen atoms in total. The summed E-state index contributed by atoms with van der Waals surface area (Å²) in [5.74, 6) is -0.948. The number of nitrogens with zero attached hydrogens (tertiary/aromatic N) is 2. The van der Waals surface area contributed by atoms with E-state index in [-0.39, 0.29) is 10.6 Å². The number of hydrogen-bond donors (Lipinski definition) is 1. The summed E-state index contributed by atoms with van der Waals surface area (Å²) >= 11 is 0.942. The van der Waals surface area contributed by atoms with Gasteiger partial charge in [-0.2, -0.15) is 0 Å². The number of para-hydroxylation sites is 2. The summed E-state index contributed by atoms with van der Waals surface area (Å²) in [6.45, 7) is 0.738. The zero-order valence-corrected chi connectivity index (χ0v) is 11.1. The molecular formula is C13H10N2O4S. The maximum atomic E-state index is 12.5. The highest BCUT2D eigenvalue weighted by molar-refractivity contribution is 7.12. The van der Waals surface area contributed by atoms with Crippen LogP contribution in [0.1, 0.15) is 20.2 Å². The summed E-state index contributed by atoms with van der Waals surface area (Å²) in [5, 5.41) is 9.07. The number of carboxylic acids is 1. The van der Waals surface area contributed by atoms with Crippen molar-refractivity contribution in [2.45, 2.75) is 0 Å². The third-order valence-corrected chi connectivity index (χ3v) is 3.75. The number of carbonyl (C=O) groups excluding carboxylic acids is 1. The Bertz CT molecular complexity index is 683. The Morgan fingerprint density at radius 1 is 1.35 bits per heavy atom. The van der Waals surface area contributed by atoms with Crippen molar-refractivity contribution < 1.29 is 19.4 Å². The number of aromatic nitrogens is 1. The number of carbonyl (C=O) groups is 2. The van der Waals surface area contributed by atoms with Gasteiger partial charge in [-0.05, 0) is 12.1 Å². The fraction of sp³-hybridized carbons (Fsp3) is 0.154. The van der Waals surface area contributed by atoms with Gasteiger partial charge in [-0.15, -0.1) is 11.3 Å². The quantitative estimate of drug-likeness (QED) is 0.913. The molecule has 2 aromatic rings. The molecule has 20 heavy (non-hydrogen) atoms. The van der Waals surface area contributed by atoms with E-state index in [1.165, 1.54) is 10.4 Å². The summed E-state index contributed by atoms with van der Waals surface area (Å²) in [7, 11) is 0. The van der Waals surface area contributed by atoms with Gasteiger partial charge in [0.2, 0.25) is 0 Å². The Kier molecular flexibility index (Phi) is 3.11. The first kappa shape index (κ1) is 12.6. The molecule has 1 amide bonds. The molecule has 0 aliphatic carbocycles. The molecule has 1 aliphatic heterocycles. The number of anilines is 1. The molecule has 7 heteroatoms. The van der Waals surface area contributed by atoms with Crippen molar-refractivity contribution in [2.24, 2.45) is 0 Å². The SMILES string of the molecule is O=C(O)c1scnc1C(=O)N1CCOc2ccccc21. The van der Waals surface area contributed by atoms with Crippen LogP contribution in [0.2, 0.25) is 0 Å².